The number of ether oxygens (including phenoxy) is 1. The van der Waals surface area contributed by atoms with Crippen molar-refractivity contribution in [1.29, 1.82) is 0 Å². The highest BCUT2D eigenvalue weighted by atomic mass is 16.5. The first-order valence-electron chi connectivity index (χ1n) is 11.4. The van der Waals surface area contributed by atoms with Gasteiger partial charge in [-0.05, 0) is 61.2 Å². The van der Waals surface area contributed by atoms with E-state index in [0.717, 1.165) is 73.9 Å². The summed E-state index contributed by atoms with van der Waals surface area (Å²) in [5, 5.41) is 6.90. The zero-order chi connectivity index (χ0) is 22.0. The fraction of sp³-hybridized carbons (Fsp3) is 0.296. The van der Waals surface area contributed by atoms with Gasteiger partial charge in [0.2, 0.25) is 0 Å². The Morgan fingerprint density at radius 2 is 1.62 bits per heavy atom. The Morgan fingerprint density at radius 1 is 0.844 bits per heavy atom. The van der Waals surface area contributed by atoms with Crippen molar-refractivity contribution in [3.8, 4) is 11.5 Å². The van der Waals surface area contributed by atoms with Crippen molar-refractivity contribution in [3.05, 3.63) is 90.0 Å². The predicted octanol–water partition coefficient (Wildman–Crippen LogP) is 5.31. The zero-order valence-corrected chi connectivity index (χ0v) is 18.4. The molecule has 32 heavy (non-hydrogen) atoms. The largest absolute Gasteiger partial charge is 0.455 e. The lowest BCUT2D eigenvalue weighted by Gasteiger charge is -2.26. The molecule has 0 radical (unpaired) electrons. The van der Waals surface area contributed by atoms with E-state index in [1.165, 1.54) is 6.42 Å². The second-order valence-electron chi connectivity index (χ2n) is 8.07. The van der Waals surface area contributed by atoms with E-state index in [0.29, 0.717) is 0 Å². The molecule has 0 bridgehead atoms. The van der Waals surface area contributed by atoms with E-state index in [-0.39, 0.29) is 5.91 Å². The summed E-state index contributed by atoms with van der Waals surface area (Å²) < 4.78 is 6.00. The van der Waals surface area contributed by atoms with Crippen molar-refractivity contribution < 1.29 is 9.53 Å². The molecule has 4 rings (SSSR count). The summed E-state index contributed by atoms with van der Waals surface area (Å²) in [6.07, 6.45) is 3.45. The van der Waals surface area contributed by atoms with Crippen LogP contribution in [0.3, 0.4) is 0 Å². The van der Waals surface area contributed by atoms with Gasteiger partial charge in [0.1, 0.15) is 5.75 Å². The minimum atomic E-state index is 0.156. The Morgan fingerprint density at radius 3 is 2.47 bits per heavy atom. The van der Waals surface area contributed by atoms with Gasteiger partial charge in [0, 0.05) is 38.3 Å². The number of carbonyl (C=O) groups excluding carboxylic acids is 1. The fourth-order valence-electron chi connectivity index (χ4n) is 3.93. The lowest BCUT2D eigenvalue weighted by Crippen LogP contribution is -2.35. The topological polar surface area (TPSA) is 53.6 Å². The maximum Gasteiger partial charge on any atom is 0.253 e. The number of rotatable bonds is 9. The number of hydrogen-bond donors (Lipinski definition) is 2. The van der Waals surface area contributed by atoms with Crippen LogP contribution in [0.5, 0.6) is 11.5 Å². The summed E-state index contributed by atoms with van der Waals surface area (Å²) in [6.45, 7) is 4.04. The van der Waals surface area contributed by atoms with Crippen LogP contribution in [-0.2, 0) is 6.54 Å². The normalized spacial score (nSPS) is 13.6. The van der Waals surface area contributed by atoms with Gasteiger partial charge < -0.3 is 20.3 Å². The summed E-state index contributed by atoms with van der Waals surface area (Å²) in [5.41, 5.74) is 2.88. The lowest BCUT2D eigenvalue weighted by atomic mass is 10.1. The summed E-state index contributed by atoms with van der Waals surface area (Å²) >= 11 is 0. The average molecular weight is 430 g/mol. The maximum atomic E-state index is 12.7. The second kappa shape index (κ2) is 11.3. The van der Waals surface area contributed by atoms with Crippen LogP contribution in [0.15, 0.2) is 78.9 Å². The van der Waals surface area contributed by atoms with Crippen LogP contribution in [0.25, 0.3) is 0 Å². The quantitative estimate of drug-likeness (QED) is 0.453. The summed E-state index contributed by atoms with van der Waals surface area (Å²) in [7, 11) is 0. The number of likely N-dealkylation sites (tertiary alicyclic amines) is 1. The van der Waals surface area contributed by atoms with Crippen LogP contribution >= 0.6 is 0 Å². The molecule has 0 aromatic heterocycles. The molecule has 3 aromatic carbocycles. The molecule has 2 N–H and O–H groups in total. The Hall–Kier alpha value is -3.31. The van der Waals surface area contributed by atoms with Crippen LogP contribution in [0.1, 0.15) is 35.2 Å². The average Bonchev–Trinajstić information content (AvgIpc) is 2.86. The Kier molecular flexibility index (Phi) is 7.77. The number of nitrogens with zero attached hydrogens (tertiary/aromatic N) is 1. The first-order chi connectivity index (χ1) is 15.8. The molecule has 1 amide bonds. The van der Waals surface area contributed by atoms with Gasteiger partial charge in [-0.3, -0.25) is 4.79 Å². The minimum absolute atomic E-state index is 0.156. The molecule has 1 aliphatic rings. The van der Waals surface area contributed by atoms with Crippen molar-refractivity contribution >= 4 is 11.6 Å². The van der Waals surface area contributed by atoms with Crippen molar-refractivity contribution in [2.45, 2.75) is 25.8 Å². The Bertz CT molecular complexity index is 1000. The second-order valence-corrected chi connectivity index (χ2v) is 8.07. The first kappa shape index (κ1) is 21.9. The van der Waals surface area contributed by atoms with Crippen molar-refractivity contribution in [1.82, 2.24) is 10.2 Å². The number of anilines is 1. The third-order valence-corrected chi connectivity index (χ3v) is 5.62. The number of carbonyl (C=O) groups is 1. The molecular formula is C27H31N3O2. The van der Waals surface area contributed by atoms with E-state index in [9.17, 15) is 4.79 Å². The van der Waals surface area contributed by atoms with Gasteiger partial charge in [0.05, 0.1) is 5.69 Å². The van der Waals surface area contributed by atoms with Crippen LogP contribution in [-0.4, -0.2) is 37.0 Å². The molecule has 3 aromatic rings. The number of para-hydroxylation sites is 3. The minimum Gasteiger partial charge on any atom is -0.455 e. The molecule has 0 spiro atoms. The SMILES string of the molecule is O=C(c1cccc(CNCCNc2ccccc2Oc2ccccc2)c1)N1CCCCC1. The summed E-state index contributed by atoms with van der Waals surface area (Å²) in [6, 6.07) is 25.7. The molecular weight excluding hydrogens is 398 g/mol. The number of benzene rings is 3. The molecule has 5 nitrogen and oxygen atoms in total. The maximum absolute atomic E-state index is 12.7. The van der Waals surface area contributed by atoms with Crippen LogP contribution in [0.2, 0.25) is 0 Å². The molecule has 0 aliphatic carbocycles. The molecule has 0 atom stereocenters. The number of piperidine rings is 1. The molecule has 0 unspecified atom stereocenters. The molecule has 1 fully saturated rings. The highest BCUT2D eigenvalue weighted by Crippen LogP contribution is 2.28. The first-order valence-corrected chi connectivity index (χ1v) is 11.4. The predicted molar refractivity (Wildman–Crippen MR) is 129 cm³/mol. The van der Waals surface area contributed by atoms with Gasteiger partial charge in [-0.2, -0.15) is 0 Å². The van der Waals surface area contributed by atoms with Gasteiger partial charge in [0.15, 0.2) is 5.75 Å². The van der Waals surface area contributed by atoms with Crippen molar-refractivity contribution in [3.63, 3.8) is 0 Å². The number of hydrogen-bond acceptors (Lipinski definition) is 4. The molecule has 166 valence electrons. The summed E-state index contributed by atoms with van der Waals surface area (Å²) in [4.78, 5) is 14.7. The van der Waals surface area contributed by atoms with Gasteiger partial charge in [-0.15, -0.1) is 0 Å². The van der Waals surface area contributed by atoms with Gasteiger partial charge in [-0.1, -0.05) is 42.5 Å². The highest BCUT2D eigenvalue weighted by Gasteiger charge is 2.18. The van der Waals surface area contributed by atoms with Crippen molar-refractivity contribution in [2.24, 2.45) is 0 Å². The molecule has 1 heterocycles. The Labute approximate surface area is 190 Å². The third-order valence-electron chi connectivity index (χ3n) is 5.62. The van der Waals surface area contributed by atoms with Gasteiger partial charge in [0.25, 0.3) is 5.91 Å². The van der Waals surface area contributed by atoms with E-state index in [1.807, 2.05) is 77.7 Å². The van der Waals surface area contributed by atoms with E-state index in [4.69, 9.17) is 4.74 Å². The van der Waals surface area contributed by atoms with Gasteiger partial charge >= 0.3 is 0 Å². The van der Waals surface area contributed by atoms with E-state index in [1.54, 1.807) is 0 Å². The molecule has 1 aliphatic heterocycles. The monoisotopic (exact) mass is 429 g/mol. The number of nitrogens with one attached hydrogen (secondary N) is 2. The lowest BCUT2D eigenvalue weighted by molar-refractivity contribution is 0.0724. The van der Waals surface area contributed by atoms with Crippen LogP contribution in [0.4, 0.5) is 5.69 Å². The van der Waals surface area contributed by atoms with Crippen molar-refractivity contribution in [2.75, 3.05) is 31.5 Å². The third kappa shape index (κ3) is 6.11. The molecule has 5 heteroatoms. The smallest absolute Gasteiger partial charge is 0.253 e. The summed E-state index contributed by atoms with van der Waals surface area (Å²) in [5.74, 6) is 1.78. The van der Waals surface area contributed by atoms with E-state index in [2.05, 4.69) is 16.7 Å². The fourth-order valence-corrected chi connectivity index (χ4v) is 3.93. The molecule has 1 saturated heterocycles. The number of amides is 1. The van der Waals surface area contributed by atoms with E-state index < -0.39 is 0 Å². The molecule has 0 saturated carbocycles. The van der Waals surface area contributed by atoms with E-state index >= 15 is 0 Å². The Balaban J connectivity index is 1.24. The highest BCUT2D eigenvalue weighted by molar-refractivity contribution is 5.94. The standard InChI is InChI=1S/C27H31N3O2/c31-27(30-18-7-2-8-19-30)23-11-9-10-22(20-23)21-28-16-17-29-25-14-5-6-15-26(25)32-24-12-3-1-4-13-24/h1,3-6,9-15,20,28-29H,2,7-8,16-19,21H2. The van der Waals surface area contributed by atoms with Gasteiger partial charge in [-0.25, -0.2) is 0 Å². The zero-order valence-electron chi connectivity index (χ0n) is 18.4. The van der Waals surface area contributed by atoms with Crippen LogP contribution < -0.4 is 15.4 Å². The van der Waals surface area contributed by atoms with Crippen LogP contribution in [0, 0.1) is 0 Å².